The largest absolute Gasteiger partial charge is 0.399 e. The van der Waals surface area contributed by atoms with Crippen molar-refractivity contribution in [2.24, 2.45) is 0 Å². The Morgan fingerprint density at radius 1 is 1.30 bits per heavy atom. The normalized spacial score (nSPS) is 19.3. The SMILES string of the molecule is CCC(Cl)(C(=O)NC1CCCCC1)c1ccc(N)cc1. The average Bonchev–Trinajstić information content (AvgIpc) is 2.48. The van der Waals surface area contributed by atoms with E-state index in [1.54, 1.807) is 12.1 Å². The summed E-state index contributed by atoms with van der Waals surface area (Å²) >= 11 is 6.62. The van der Waals surface area contributed by atoms with Gasteiger partial charge in [0.2, 0.25) is 5.91 Å². The summed E-state index contributed by atoms with van der Waals surface area (Å²) in [5.41, 5.74) is 7.18. The molecule has 1 saturated carbocycles. The predicted molar refractivity (Wildman–Crippen MR) is 83.7 cm³/mol. The molecule has 2 rings (SSSR count). The molecular weight excluding hydrogens is 272 g/mol. The van der Waals surface area contributed by atoms with E-state index in [9.17, 15) is 4.79 Å². The number of nitrogens with two attached hydrogens (primary N) is 1. The zero-order valence-corrected chi connectivity index (χ0v) is 12.7. The van der Waals surface area contributed by atoms with Crippen LogP contribution in [0.25, 0.3) is 0 Å². The van der Waals surface area contributed by atoms with Crippen LogP contribution in [0.4, 0.5) is 5.69 Å². The van der Waals surface area contributed by atoms with Gasteiger partial charge in [-0.2, -0.15) is 0 Å². The van der Waals surface area contributed by atoms with Crippen LogP contribution >= 0.6 is 11.6 Å². The number of amides is 1. The molecule has 0 radical (unpaired) electrons. The summed E-state index contributed by atoms with van der Waals surface area (Å²) < 4.78 is 0. The van der Waals surface area contributed by atoms with E-state index in [1.165, 1.54) is 19.3 Å². The van der Waals surface area contributed by atoms with Crippen molar-refractivity contribution in [1.29, 1.82) is 0 Å². The maximum atomic E-state index is 12.6. The minimum atomic E-state index is -0.995. The molecule has 1 aromatic rings. The van der Waals surface area contributed by atoms with Gasteiger partial charge in [-0.1, -0.05) is 38.3 Å². The van der Waals surface area contributed by atoms with Gasteiger partial charge in [-0.3, -0.25) is 4.79 Å². The summed E-state index contributed by atoms with van der Waals surface area (Å²) in [5.74, 6) is -0.0849. The molecule has 4 heteroatoms. The molecule has 0 bridgehead atoms. The molecule has 0 saturated heterocycles. The van der Waals surface area contributed by atoms with Crippen molar-refractivity contribution in [3.8, 4) is 0 Å². The highest BCUT2D eigenvalue weighted by Gasteiger charge is 2.37. The molecule has 0 heterocycles. The first kappa shape index (κ1) is 15.2. The maximum Gasteiger partial charge on any atom is 0.245 e. The van der Waals surface area contributed by atoms with Crippen LogP contribution in [0, 0.1) is 0 Å². The van der Waals surface area contributed by atoms with Crippen molar-refractivity contribution in [1.82, 2.24) is 5.32 Å². The molecule has 0 spiro atoms. The summed E-state index contributed by atoms with van der Waals surface area (Å²) in [7, 11) is 0. The van der Waals surface area contributed by atoms with Crippen molar-refractivity contribution in [2.75, 3.05) is 5.73 Å². The Kier molecular flexibility index (Phi) is 4.92. The Labute approximate surface area is 125 Å². The van der Waals surface area contributed by atoms with Gasteiger partial charge in [0.25, 0.3) is 0 Å². The van der Waals surface area contributed by atoms with Crippen LogP contribution in [-0.2, 0) is 9.67 Å². The van der Waals surface area contributed by atoms with Crippen molar-refractivity contribution in [2.45, 2.75) is 56.4 Å². The van der Waals surface area contributed by atoms with Gasteiger partial charge in [-0.05, 0) is 37.0 Å². The second-order valence-electron chi connectivity index (χ2n) is 5.59. The standard InChI is InChI=1S/C16H23ClN2O/c1-2-16(17,12-8-10-13(18)11-9-12)15(20)19-14-6-4-3-5-7-14/h8-11,14H,2-7,18H2,1H3,(H,19,20). The Morgan fingerprint density at radius 2 is 1.90 bits per heavy atom. The number of rotatable bonds is 4. The van der Waals surface area contributed by atoms with E-state index in [1.807, 2.05) is 19.1 Å². The number of carbonyl (C=O) groups is 1. The Morgan fingerprint density at radius 3 is 2.45 bits per heavy atom. The predicted octanol–water partition coefficient (Wildman–Crippen LogP) is 3.56. The molecule has 20 heavy (non-hydrogen) atoms. The maximum absolute atomic E-state index is 12.6. The van der Waals surface area contributed by atoms with Crippen molar-refractivity contribution in [3.63, 3.8) is 0 Å². The Hall–Kier alpha value is -1.22. The van der Waals surface area contributed by atoms with E-state index < -0.39 is 4.87 Å². The molecular formula is C16H23ClN2O. The second kappa shape index (κ2) is 6.49. The highest BCUT2D eigenvalue weighted by atomic mass is 35.5. The lowest BCUT2D eigenvalue weighted by Gasteiger charge is -2.30. The van der Waals surface area contributed by atoms with E-state index >= 15 is 0 Å². The third-order valence-corrected chi connectivity index (χ3v) is 4.81. The smallest absolute Gasteiger partial charge is 0.245 e. The van der Waals surface area contributed by atoms with Crippen LogP contribution in [0.2, 0.25) is 0 Å². The molecule has 1 unspecified atom stereocenters. The minimum absolute atomic E-state index is 0.0849. The van der Waals surface area contributed by atoms with Gasteiger partial charge in [0.1, 0.15) is 4.87 Å². The molecule has 0 aliphatic heterocycles. The summed E-state index contributed by atoms with van der Waals surface area (Å²) in [4.78, 5) is 11.6. The monoisotopic (exact) mass is 294 g/mol. The Bertz CT molecular complexity index is 454. The van der Waals surface area contributed by atoms with Gasteiger partial charge in [-0.25, -0.2) is 0 Å². The number of anilines is 1. The number of benzene rings is 1. The lowest BCUT2D eigenvalue weighted by molar-refractivity contribution is -0.125. The zero-order valence-electron chi connectivity index (χ0n) is 12.0. The van der Waals surface area contributed by atoms with E-state index in [0.717, 1.165) is 18.4 Å². The van der Waals surface area contributed by atoms with E-state index in [0.29, 0.717) is 12.1 Å². The van der Waals surface area contributed by atoms with Crippen molar-refractivity contribution in [3.05, 3.63) is 29.8 Å². The summed E-state index contributed by atoms with van der Waals surface area (Å²) in [6.07, 6.45) is 6.32. The number of hydrogen-bond acceptors (Lipinski definition) is 2. The number of alkyl halides is 1. The molecule has 1 amide bonds. The van der Waals surface area contributed by atoms with Gasteiger partial charge in [-0.15, -0.1) is 11.6 Å². The van der Waals surface area contributed by atoms with Crippen molar-refractivity contribution >= 4 is 23.2 Å². The molecule has 1 aliphatic rings. The summed E-state index contributed by atoms with van der Waals surface area (Å²) in [6, 6.07) is 7.53. The summed E-state index contributed by atoms with van der Waals surface area (Å²) in [5, 5.41) is 3.12. The first-order valence-electron chi connectivity index (χ1n) is 7.42. The fourth-order valence-corrected chi connectivity index (χ4v) is 2.97. The number of carbonyl (C=O) groups excluding carboxylic acids is 1. The number of hydrogen-bond donors (Lipinski definition) is 2. The highest BCUT2D eigenvalue weighted by molar-refractivity contribution is 6.34. The summed E-state index contributed by atoms with van der Waals surface area (Å²) in [6.45, 7) is 1.93. The third-order valence-electron chi connectivity index (χ3n) is 4.16. The molecule has 1 aliphatic carbocycles. The van der Waals surface area contributed by atoms with E-state index in [2.05, 4.69) is 5.32 Å². The first-order valence-corrected chi connectivity index (χ1v) is 7.80. The fourth-order valence-electron chi connectivity index (χ4n) is 2.79. The van der Waals surface area contributed by atoms with E-state index in [-0.39, 0.29) is 11.9 Å². The van der Waals surface area contributed by atoms with Crippen LogP contribution in [0.3, 0.4) is 0 Å². The highest BCUT2D eigenvalue weighted by Crippen LogP contribution is 2.34. The number of halogens is 1. The fraction of sp³-hybridized carbons (Fsp3) is 0.562. The molecule has 0 aromatic heterocycles. The number of nitrogens with one attached hydrogen (secondary N) is 1. The first-order chi connectivity index (χ1) is 9.56. The molecule has 3 nitrogen and oxygen atoms in total. The topological polar surface area (TPSA) is 55.1 Å². The van der Waals surface area contributed by atoms with Gasteiger partial charge in [0.15, 0.2) is 0 Å². The van der Waals surface area contributed by atoms with Crippen molar-refractivity contribution < 1.29 is 4.79 Å². The lowest BCUT2D eigenvalue weighted by atomic mass is 9.91. The molecule has 110 valence electrons. The van der Waals surface area contributed by atoms with E-state index in [4.69, 9.17) is 17.3 Å². The van der Waals surface area contributed by atoms with Crippen LogP contribution in [0.5, 0.6) is 0 Å². The number of nitrogen functional groups attached to an aromatic ring is 1. The van der Waals surface area contributed by atoms with Gasteiger partial charge in [0, 0.05) is 11.7 Å². The van der Waals surface area contributed by atoms with Gasteiger partial charge in [0.05, 0.1) is 0 Å². The van der Waals surface area contributed by atoms with Crippen LogP contribution in [0.15, 0.2) is 24.3 Å². The van der Waals surface area contributed by atoms with Crippen LogP contribution < -0.4 is 11.1 Å². The second-order valence-corrected chi connectivity index (χ2v) is 6.23. The molecule has 1 atom stereocenters. The van der Waals surface area contributed by atoms with Gasteiger partial charge < -0.3 is 11.1 Å². The van der Waals surface area contributed by atoms with Gasteiger partial charge >= 0.3 is 0 Å². The molecule has 3 N–H and O–H groups in total. The minimum Gasteiger partial charge on any atom is -0.399 e. The third kappa shape index (κ3) is 3.26. The zero-order chi connectivity index (χ0) is 14.6. The van der Waals surface area contributed by atoms with Crippen LogP contribution in [0.1, 0.15) is 51.0 Å². The quantitative estimate of drug-likeness (QED) is 0.659. The Balaban J connectivity index is 2.12. The van der Waals surface area contributed by atoms with Crippen LogP contribution in [-0.4, -0.2) is 11.9 Å². The lowest BCUT2D eigenvalue weighted by Crippen LogP contribution is -2.45. The molecule has 1 aromatic carbocycles. The average molecular weight is 295 g/mol. The molecule has 1 fully saturated rings.